The number of carbonyl (C=O) groups excluding carboxylic acids is 2. The number of benzene rings is 4. The summed E-state index contributed by atoms with van der Waals surface area (Å²) in [6, 6.07) is 29.6. The lowest BCUT2D eigenvalue weighted by molar-refractivity contribution is -0.114. The van der Waals surface area contributed by atoms with Gasteiger partial charge < -0.3 is 9.64 Å². The normalized spacial score (nSPS) is 12.7. The second-order valence-electron chi connectivity index (χ2n) is 8.15. The number of rotatable bonds is 7. The number of hydrogen-bond acceptors (Lipinski definition) is 3. The highest BCUT2D eigenvalue weighted by Gasteiger charge is 2.36. The Morgan fingerprint density at radius 3 is 2.24 bits per heavy atom. The zero-order valence-corrected chi connectivity index (χ0v) is 18.4. The third-order valence-electron chi connectivity index (χ3n) is 5.94. The van der Waals surface area contributed by atoms with Gasteiger partial charge in [0.05, 0.1) is 24.4 Å². The molecule has 0 saturated heterocycles. The Kier molecular flexibility index (Phi) is 5.91. The van der Waals surface area contributed by atoms with Gasteiger partial charge in [0.2, 0.25) is 0 Å². The van der Waals surface area contributed by atoms with Gasteiger partial charge in [-0.25, -0.2) is 4.39 Å². The SMILES string of the molecule is O=C1C(=O)N(Cc2ccc(-c3ccccc3)cc2)c2ccc(OCCc3ccccc3F)cc21. The first-order valence-corrected chi connectivity index (χ1v) is 11.1. The fraction of sp³-hybridized carbons (Fsp3) is 0.103. The van der Waals surface area contributed by atoms with E-state index in [1.54, 1.807) is 36.4 Å². The van der Waals surface area contributed by atoms with E-state index in [2.05, 4.69) is 0 Å². The number of halogens is 1. The Morgan fingerprint density at radius 2 is 1.47 bits per heavy atom. The summed E-state index contributed by atoms with van der Waals surface area (Å²) in [5, 5.41) is 0. The monoisotopic (exact) mass is 451 g/mol. The predicted molar refractivity (Wildman–Crippen MR) is 129 cm³/mol. The fourth-order valence-electron chi connectivity index (χ4n) is 4.12. The summed E-state index contributed by atoms with van der Waals surface area (Å²) in [4.78, 5) is 26.8. The van der Waals surface area contributed by atoms with E-state index in [4.69, 9.17) is 4.74 Å². The number of anilines is 1. The first kappa shape index (κ1) is 21.6. The van der Waals surface area contributed by atoms with Crippen molar-refractivity contribution in [1.29, 1.82) is 0 Å². The maximum absolute atomic E-state index is 13.8. The topological polar surface area (TPSA) is 46.6 Å². The highest BCUT2D eigenvalue weighted by atomic mass is 19.1. The smallest absolute Gasteiger partial charge is 0.299 e. The van der Waals surface area contributed by atoms with E-state index < -0.39 is 11.7 Å². The zero-order chi connectivity index (χ0) is 23.5. The van der Waals surface area contributed by atoms with Crippen molar-refractivity contribution in [3.05, 3.63) is 120 Å². The van der Waals surface area contributed by atoms with Crippen LogP contribution in [0.2, 0.25) is 0 Å². The molecule has 0 unspecified atom stereocenters. The molecule has 0 spiro atoms. The molecule has 5 rings (SSSR count). The van der Waals surface area contributed by atoms with Crippen molar-refractivity contribution in [2.45, 2.75) is 13.0 Å². The highest BCUT2D eigenvalue weighted by Crippen LogP contribution is 2.33. The van der Waals surface area contributed by atoms with E-state index in [0.717, 1.165) is 16.7 Å². The minimum Gasteiger partial charge on any atom is -0.493 e. The maximum Gasteiger partial charge on any atom is 0.299 e. The van der Waals surface area contributed by atoms with E-state index in [1.807, 2.05) is 54.6 Å². The molecule has 0 saturated carbocycles. The number of carbonyl (C=O) groups is 2. The fourth-order valence-corrected chi connectivity index (χ4v) is 4.12. The van der Waals surface area contributed by atoms with Crippen LogP contribution in [-0.2, 0) is 17.8 Å². The molecule has 0 fully saturated rings. The van der Waals surface area contributed by atoms with Crippen molar-refractivity contribution in [2.24, 2.45) is 0 Å². The van der Waals surface area contributed by atoms with E-state index in [9.17, 15) is 14.0 Å². The van der Waals surface area contributed by atoms with Crippen LogP contribution in [0.25, 0.3) is 11.1 Å². The van der Waals surface area contributed by atoms with Gasteiger partial charge in [0.15, 0.2) is 0 Å². The van der Waals surface area contributed by atoms with Gasteiger partial charge in [-0.2, -0.15) is 0 Å². The van der Waals surface area contributed by atoms with Crippen molar-refractivity contribution in [1.82, 2.24) is 0 Å². The van der Waals surface area contributed by atoms with E-state index >= 15 is 0 Å². The van der Waals surface area contributed by atoms with Gasteiger partial charge in [-0.05, 0) is 46.5 Å². The number of Topliss-reactive ketones (excluding diaryl/α,β-unsaturated/α-hetero) is 1. The van der Waals surface area contributed by atoms with Crippen molar-refractivity contribution in [3.8, 4) is 16.9 Å². The van der Waals surface area contributed by atoms with Gasteiger partial charge in [-0.1, -0.05) is 72.8 Å². The quantitative estimate of drug-likeness (QED) is 0.332. The van der Waals surface area contributed by atoms with Gasteiger partial charge in [0.25, 0.3) is 11.7 Å². The molecule has 0 bridgehead atoms. The second-order valence-corrected chi connectivity index (χ2v) is 8.15. The van der Waals surface area contributed by atoms with E-state index in [0.29, 0.717) is 35.5 Å². The molecule has 0 radical (unpaired) electrons. The number of amides is 1. The molecule has 1 heterocycles. The standard InChI is InChI=1S/C29H22FNO3/c30-26-9-5-4-8-23(26)16-17-34-24-14-15-27-25(18-24)28(32)29(33)31(27)19-20-10-12-22(13-11-20)21-6-2-1-3-7-21/h1-15,18H,16-17,19H2. The molecule has 0 aromatic heterocycles. The first-order valence-electron chi connectivity index (χ1n) is 11.1. The van der Waals surface area contributed by atoms with Crippen LogP contribution >= 0.6 is 0 Å². The molecule has 1 aliphatic heterocycles. The van der Waals surface area contributed by atoms with Crippen LogP contribution in [0.4, 0.5) is 10.1 Å². The van der Waals surface area contributed by atoms with Crippen LogP contribution in [-0.4, -0.2) is 18.3 Å². The lowest BCUT2D eigenvalue weighted by atomic mass is 10.0. The van der Waals surface area contributed by atoms with Crippen LogP contribution in [0.3, 0.4) is 0 Å². The molecule has 0 aliphatic carbocycles. The average molecular weight is 451 g/mol. The summed E-state index contributed by atoms with van der Waals surface area (Å²) >= 11 is 0. The number of hydrogen-bond donors (Lipinski definition) is 0. The molecule has 0 atom stereocenters. The molecule has 4 aromatic carbocycles. The Bertz CT molecular complexity index is 1350. The van der Waals surface area contributed by atoms with Crippen LogP contribution < -0.4 is 9.64 Å². The summed E-state index contributed by atoms with van der Waals surface area (Å²) < 4.78 is 19.5. The Balaban J connectivity index is 1.28. The van der Waals surface area contributed by atoms with Crippen LogP contribution in [0, 0.1) is 5.82 Å². The summed E-state index contributed by atoms with van der Waals surface area (Å²) in [7, 11) is 0. The van der Waals surface area contributed by atoms with Gasteiger partial charge in [0.1, 0.15) is 11.6 Å². The van der Waals surface area contributed by atoms with Gasteiger partial charge in [-0.3, -0.25) is 9.59 Å². The molecule has 4 aromatic rings. The van der Waals surface area contributed by atoms with Crippen LogP contribution in [0.1, 0.15) is 21.5 Å². The predicted octanol–water partition coefficient (Wildman–Crippen LogP) is 5.84. The number of ether oxygens (including phenoxy) is 1. The van der Waals surface area contributed by atoms with Gasteiger partial charge >= 0.3 is 0 Å². The highest BCUT2D eigenvalue weighted by molar-refractivity contribution is 6.52. The van der Waals surface area contributed by atoms with Crippen molar-refractivity contribution < 1.29 is 18.7 Å². The first-order chi connectivity index (χ1) is 16.6. The zero-order valence-electron chi connectivity index (χ0n) is 18.4. The third-order valence-corrected chi connectivity index (χ3v) is 5.94. The summed E-state index contributed by atoms with van der Waals surface area (Å²) in [5.74, 6) is -0.889. The lowest BCUT2D eigenvalue weighted by Crippen LogP contribution is -2.29. The molecule has 34 heavy (non-hydrogen) atoms. The largest absolute Gasteiger partial charge is 0.493 e. The van der Waals surface area contributed by atoms with Crippen LogP contribution in [0.15, 0.2) is 97.1 Å². The second kappa shape index (κ2) is 9.32. The summed E-state index contributed by atoms with van der Waals surface area (Å²) in [6.07, 6.45) is 0.405. The number of ketones is 1. The molecule has 4 nitrogen and oxygen atoms in total. The summed E-state index contributed by atoms with van der Waals surface area (Å²) in [5.41, 5.74) is 4.61. The molecule has 5 heteroatoms. The third kappa shape index (κ3) is 4.33. The maximum atomic E-state index is 13.8. The van der Waals surface area contributed by atoms with E-state index in [-0.39, 0.29) is 12.4 Å². The minimum atomic E-state index is -0.550. The molecular weight excluding hydrogens is 429 g/mol. The Hall–Kier alpha value is -4.25. The molecule has 1 amide bonds. The number of fused-ring (bicyclic) bond motifs is 1. The van der Waals surface area contributed by atoms with E-state index in [1.165, 1.54) is 11.0 Å². The Morgan fingerprint density at radius 1 is 0.765 bits per heavy atom. The number of nitrogens with zero attached hydrogens (tertiary/aromatic N) is 1. The van der Waals surface area contributed by atoms with Crippen molar-refractivity contribution >= 4 is 17.4 Å². The van der Waals surface area contributed by atoms with Crippen LogP contribution in [0.5, 0.6) is 5.75 Å². The minimum absolute atomic E-state index is 0.263. The van der Waals surface area contributed by atoms with Gasteiger partial charge in [-0.15, -0.1) is 0 Å². The molecular formula is C29H22FNO3. The Labute approximate surface area is 197 Å². The van der Waals surface area contributed by atoms with Crippen molar-refractivity contribution in [3.63, 3.8) is 0 Å². The summed E-state index contributed by atoms with van der Waals surface area (Å²) in [6.45, 7) is 0.569. The van der Waals surface area contributed by atoms with Gasteiger partial charge in [0, 0.05) is 6.42 Å². The molecule has 168 valence electrons. The van der Waals surface area contributed by atoms with Crippen molar-refractivity contribution in [2.75, 3.05) is 11.5 Å². The molecule has 1 aliphatic rings. The lowest BCUT2D eigenvalue weighted by Gasteiger charge is -2.17. The average Bonchev–Trinajstić information content (AvgIpc) is 3.10. The molecule has 0 N–H and O–H groups in total.